The molecule has 1 aromatic rings. The molecule has 0 bridgehead atoms. The lowest BCUT2D eigenvalue weighted by Crippen LogP contribution is -2.47. The SMILES string of the molecule is CC(C)(O)CCN(CC(CCCCCCNC(=O)c1ccccc1)CN(CCNC(=O)OC(C)(C)C)C(=O)OC(C)(C)C)C(=O)OC(C)(C)C. The molecule has 0 fully saturated rings. The maximum absolute atomic E-state index is 13.5. The molecular formula is C38H66N4O8. The standard InChI is InChI=1S/C38H66N4O8/c1-35(2,3)48-32(44)40-24-26-42(34(46)50-37(7,8)9)28-29(27-41(25-22-38(10,11)47)33(45)49-36(4,5)6)19-15-12-13-18-23-39-31(43)30-20-16-14-17-21-30/h14,16-17,20-21,29,47H,12-13,15,18-19,22-28H2,1-11H3,(H,39,43)(H,40,44). The number of hydrogen-bond acceptors (Lipinski definition) is 8. The minimum absolute atomic E-state index is 0.0950. The Bertz CT molecular complexity index is 1180. The highest BCUT2D eigenvalue weighted by Crippen LogP contribution is 2.20. The van der Waals surface area contributed by atoms with Crippen molar-refractivity contribution in [2.24, 2.45) is 5.92 Å². The third-order valence-corrected chi connectivity index (χ3v) is 7.16. The first-order valence-corrected chi connectivity index (χ1v) is 17.9. The summed E-state index contributed by atoms with van der Waals surface area (Å²) in [6.07, 6.45) is 2.86. The largest absolute Gasteiger partial charge is 0.444 e. The second-order valence-corrected chi connectivity index (χ2v) is 16.5. The van der Waals surface area contributed by atoms with Crippen LogP contribution in [0.3, 0.4) is 0 Å². The Kier molecular flexibility index (Phi) is 18.1. The van der Waals surface area contributed by atoms with Gasteiger partial charge >= 0.3 is 18.3 Å². The number of nitrogens with zero attached hydrogens (tertiary/aromatic N) is 2. The predicted octanol–water partition coefficient (Wildman–Crippen LogP) is 7.14. The zero-order chi connectivity index (χ0) is 38.2. The summed E-state index contributed by atoms with van der Waals surface area (Å²) in [5.41, 5.74) is -2.49. The molecule has 12 heteroatoms. The van der Waals surface area contributed by atoms with Gasteiger partial charge in [-0.1, -0.05) is 37.5 Å². The Morgan fingerprint density at radius 3 is 1.66 bits per heavy atom. The van der Waals surface area contributed by atoms with E-state index in [9.17, 15) is 24.3 Å². The number of hydrogen-bond donors (Lipinski definition) is 3. The smallest absolute Gasteiger partial charge is 0.410 e. The molecule has 1 aromatic carbocycles. The van der Waals surface area contributed by atoms with E-state index in [-0.39, 0.29) is 44.5 Å². The van der Waals surface area contributed by atoms with E-state index >= 15 is 0 Å². The van der Waals surface area contributed by atoms with Gasteiger partial charge in [0.05, 0.1) is 5.60 Å². The topological polar surface area (TPSA) is 147 Å². The summed E-state index contributed by atoms with van der Waals surface area (Å²) in [5, 5.41) is 16.2. The lowest BCUT2D eigenvalue weighted by Gasteiger charge is -2.34. The van der Waals surface area contributed by atoms with Crippen LogP contribution < -0.4 is 10.6 Å². The van der Waals surface area contributed by atoms with Crippen LogP contribution in [0.1, 0.15) is 125 Å². The van der Waals surface area contributed by atoms with Crippen LogP contribution in [0.2, 0.25) is 0 Å². The van der Waals surface area contributed by atoms with E-state index in [0.717, 1.165) is 25.7 Å². The van der Waals surface area contributed by atoms with Crippen LogP contribution in [0.15, 0.2) is 30.3 Å². The molecule has 1 unspecified atom stereocenters. The highest BCUT2D eigenvalue weighted by atomic mass is 16.6. The van der Waals surface area contributed by atoms with Gasteiger partial charge in [-0.15, -0.1) is 0 Å². The number of rotatable bonds is 18. The monoisotopic (exact) mass is 706 g/mol. The van der Waals surface area contributed by atoms with Crippen molar-refractivity contribution in [3.63, 3.8) is 0 Å². The molecule has 3 N–H and O–H groups in total. The highest BCUT2D eigenvalue weighted by Gasteiger charge is 2.30. The number of aliphatic hydroxyl groups is 1. The Morgan fingerprint density at radius 2 is 1.16 bits per heavy atom. The quantitative estimate of drug-likeness (QED) is 0.108. The summed E-state index contributed by atoms with van der Waals surface area (Å²) in [6, 6.07) is 9.11. The fourth-order valence-electron chi connectivity index (χ4n) is 4.85. The van der Waals surface area contributed by atoms with Crippen molar-refractivity contribution in [1.29, 1.82) is 0 Å². The summed E-state index contributed by atoms with van der Waals surface area (Å²) < 4.78 is 16.8. The normalized spacial score (nSPS) is 12.8. The molecule has 0 spiro atoms. The van der Waals surface area contributed by atoms with Gasteiger partial charge in [-0.3, -0.25) is 4.79 Å². The molecule has 0 saturated carbocycles. The van der Waals surface area contributed by atoms with Crippen molar-refractivity contribution >= 4 is 24.2 Å². The number of unbranched alkanes of at least 4 members (excludes halogenated alkanes) is 3. The number of alkyl carbamates (subject to hydrolysis) is 1. The summed E-state index contributed by atoms with van der Waals surface area (Å²) in [5.74, 6) is -0.265. The van der Waals surface area contributed by atoms with E-state index in [1.54, 1.807) is 98.1 Å². The van der Waals surface area contributed by atoms with Crippen molar-refractivity contribution in [3.8, 4) is 0 Å². The van der Waals surface area contributed by atoms with Gasteiger partial charge in [-0.05, 0) is 113 Å². The van der Waals surface area contributed by atoms with Gasteiger partial charge in [0.15, 0.2) is 0 Å². The molecule has 0 aromatic heterocycles. The first-order chi connectivity index (χ1) is 22.9. The highest BCUT2D eigenvalue weighted by molar-refractivity contribution is 5.94. The summed E-state index contributed by atoms with van der Waals surface area (Å²) >= 11 is 0. The first-order valence-electron chi connectivity index (χ1n) is 17.9. The van der Waals surface area contributed by atoms with Gasteiger partial charge in [0.25, 0.3) is 5.91 Å². The van der Waals surface area contributed by atoms with E-state index < -0.39 is 40.7 Å². The Hall–Kier alpha value is -3.54. The summed E-state index contributed by atoms with van der Waals surface area (Å²) in [6.45, 7) is 21.2. The van der Waals surface area contributed by atoms with Crippen LogP contribution in [0.25, 0.3) is 0 Å². The van der Waals surface area contributed by atoms with Crippen molar-refractivity contribution in [2.45, 2.75) is 137 Å². The second kappa shape index (κ2) is 20.3. The number of carbonyl (C=O) groups excluding carboxylic acids is 4. The average Bonchev–Trinajstić information content (AvgIpc) is 2.94. The maximum Gasteiger partial charge on any atom is 0.410 e. The minimum atomic E-state index is -0.998. The van der Waals surface area contributed by atoms with Gasteiger partial charge in [0, 0.05) is 44.8 Å². The fourth-order valence-corrected chi connectivity index (χ4v) is 4.85. The van der Waals surface area contributed by atoms with Gasteiger partial charge in [0.1, 0.15) is 16.8 Å². The van der Waals surface area contributed by atoms with Gasteiger partial charge in [0.2, 0.25) is 0 Å². The van der Waals surface area contributed by atoms with E-state index in [2.05, 4.69) is 10.6 Å². The molecule has 1 atom stereocenters. The zero-order valence-corrected chi connectivity index (χ0v) is 32.6. The Balaban J connectivity index is 3.10. The van der Waals surface area contributed by atoms with Crippen molar-refractivity contribution in [1.82, 2.24) is 20.4 Å². The van der Waals surface area contributed by atoms with E-state index in [4.69, 9.17) is 14.2 Å². The predicted molar refractivity (Wildman–Crippen MR) is 196 cm³/mol. The van der Waals surface area contributed by atoms with E-state index in [0.29, 0.717) is 24.9 Å². The molecule has 0 aliphatic rings. The minimum Gasteiger partial charge on any atom is -0.444 e. The van der Waals surface area contributed by atoms with Gasteiger partial charge in [-0.2, -0.15) is 0 Å². The molecule has 12 nitrogen and oxygen atoms in total. The number of nitrogens with one attached hydrogen (secondary N) is 2. The number of carbonyl (C=O) groups is 4. The van der Waals surface area contributed by atoms with Crippen LogP contribution in [0.4, 0.5) is 14.4 Å². The van der Waals surface area contributed by atoms with Crippen molar-refractivity contribution in [3.05, 3.63) is 35.9 Å². The molecule has 1 rings (SSSR count). The summed E-state index contributed by atoms with van der Waals surface area (Å²) in [4.78, 5) is 54.7. The van der Waals surface area contributed by atoms with Crippen molar-refractivity contribution < 1.29 is 38.5 Å². The first kappa shape index (κ1) is 44.5. The van der Waals surface area contributed by atoms with Crippen LogP contribution in [-0.2, 0) is 14.2 Å². The van der Waals surface area contributed by atoms with E-state index in [1.807, 2.05) is 18.2 Å². The lowest BCUT2D eigenvalue weighted by molar-refractivity contribution is 0.00737. The third-order valence-electron chi connectivity index (χ3n) is 7.16. The lowest BCUT2D eigenvalue weighted by atomic mass is 9.98. The number of amides is 4. The molecule has 286 valence electrons. The fraction of sp³-hybridized carbons (Fsp3) is 0.737. The molecule has 0 heterocycles. The number of ether oxygens (including phenoxy) is 3. The van der Waals surface area contributed by atoms with Crippen LogP contribution >= 0.6 is 0 Å². The molecular weight excluding hydrogens is 640 g/mol. The molecule has 4 amide bonds. The van der Waals surface area contributed by atoms with Gasteiger partial charge < -0.3 is 39.8 Å². The van der Waals surface area contributed by atoms with Crippen LogP contribution in [-0.4, -0.2) is 101 Å². The van der Waals surface area contributed by atoms with Crippen LogP contribution in [0.5, 0.6) is 0 Å². The summed E-state index contributed by atoms with van der Waals surface area (Å²) in [7, 11) is 0. The molecule has 0 aliphatic carbocycles. The Labute approximate surface area is 301 Å². The van der Waals surface area contributed by atoms with Crippen LogP contribution in [0, 0.1) is 5.92 Å². The molecule has 0 aliphatic heterocycles. The molecule has 0 radical (unpaired) electrons. The molecule has 50 heavy (non-hydrogen) atoms. The second-order valence-electron chi connectivity index (χ2n) is 16.5. The zero-order valence-electron chi connectivity index (χ0n) is 32.6. The third kappa shape index (κ3) is 22.2. The molecule has 0 saturated heterocycles. The maximum atomic E-state index is 13.5. The Morgan fingerprint density at radius 1 is 0.660 bits per heavy atom. The average molecular weight is 707 g/mol. The van der Waals surface area contributed by atoms with Crippen molar-refractivity contribution in [2.75, 3.05) is 39.3 Å². The van der Waals surface area contributed by atoms with E-state index in [1.165, 1.54) is 0 Å². The van der Waals surface area contributed by atoms with Gasteiger partial charge in [-0.25, -0.2) is 14.4 Å². The number of benzene rings is 1.